The van der Waals surface area contributed by atoms with Crippen LogP contribution in [0.4, 0.5) is 0 Å². The fourth-order valence-electron chi connectivity index (χ4n) is 2.35. The molecule has 0 atom stereocenters. The van der Waals surface area contributed by atoms with Gasteiger partial charge in [0, 0.05) is 37.6 Å². The van der Waals surface area contributed by atoms with Crippen molar-refractivity contribution in [3.63, 3.8) is 0 Å². The molecule has 0 spiro atoms. The molecule has 1 aromatic rings. The molecule has 4 nitrogen and oxygen atoms in total. The Hall–Kier alpha value is -1.00. The predicted octanol–water partition coefficient (Wildman–Crippen LogP) is 2.17. The number of piperidine rings is 1. The molecule has 0 unspecified atom stereocenters. The Morgan fingerprint density at radius 3 is 2.44 bits per heavy atom. The summed E-state index contributed by atoms with van der Waals surface area (Å²) < 4.78 is 5.85. The van der Waals surface area contributed by atoms with Gasteiger partial charge in [-0.05, 0) is 33.6 Å². The van der Waals surface area contributed by atoms with Crippen molar-refractivity contribution in [3.05, 3.63) is 23.8 Å². The van der Waals surface area contributed by atoms with Crippen molar-refractivity contribution >= 4 is 0 Å². The first-order chi connectivity index (χ1) is 8.63. The number of hydrogen-bond donors (Lipinski definition) is 0. The lowest BCUT2D eigenvalue weighted by Gasteiger charge is -2.32. The molecule has 0 aliphatic carbocycles. The first kappa shape index (κ1) is 13.4. The zero-order chi connectivity index (χ0) is 13.0. The largest absolute Gasteiger partial charge is 0.375 e. The van der Waals surface area contributed by atoms with Crippen LogP contribution >= 0.6 is 0 Å². The van der Waals surface area contributed by atoms with Crippen LogP contribution in [-0.4, -0.2) is 40.2 Å². The van der Waals surface area contributed by atoms with E-state index in [4.69, 9.17) is 4.74 Å². The molecule has 100 valence electrons. The van der Waals surface area contributed by atoms with Gasteiger partial charge >= 0.3 is 0 Å². The van der Waals surface area contributed by atoms with Gasteiger partial charge in [0.25, 0.3) is 0 Å². The van der Waals surface area contributed by atoms with E-state index in [9.17, 15) is 0 Å². The Labute approximate surface area is 109 Å². The van der Waals surface area contributed by atoms with Crippen molar-refractivity contribution in [3.8, 4) is 0 Å². The Kier molecular flexibility index (Phi) is 4.66. The monoisotopic (exact) mass is 249 g/mol. The summed E-state index contributed by atoms with van der Waals surface area (Å²) in [6.07, 6.45) is 6.90. The maximum Gasteiger partial charge on any atom is 0.125 e. The molecule has 1 aromatic heterocycles. The van der Waals surface area contributed by atoms with Crippen molar-refractivity contribution in [2.75, 3.05) is 13.1 Å². The average Bonchev–Trinajstić information content (AvgIpc) is 2.34. The number of ether oxygens (including phenoxy) is 1. The van der Waals surface area contributed by atoms with Crippen molar-refractivity contribution < 1.29 is 4.74 Å². The number of hydrogen-bond acceptors (Lipinski definition) is 4. The minimum Gasteiger partial charge on any atom is -0.375 e. The van der Waals surface area contributed by atoms with Crippen molar-refractivity contribution in [2.24, 2.45) is 0 Å². The van der Waals surface area contributed by atoms with Gasteiger partial charge in [-0.2, -0.15) is 0 Å². The van der Waals surface area contributed by atoms with Gasteiger partial charge in [0.05, 0.1) is 12.2 Å². The van der Waals surface area contributed by atoms with Gasteiger partial charge in [-0.25, -0.2) is 9.97 Å². The Balaban J connectivity index is 1.78. The molecular formula is C14H23N3O. The molecule has 1 saturated heterocycles. The third-order valence-corrected chi connectivity index (χ3v) is 3.24. The van der Waals surface area contributed by atoms with Gasteiger partial charge < -0.3 is 4.74 Å². The van der Waals surface area contributed by atoms with Gasteiger partial charge in [-0.1, -0.05) is 0 Å². The molecular weight excluding hydrogens is 226 g/mol. The van der Waals surface area contributed by atoms with Crippen molar-refractivity contribution in [2.45, 2.75) is 52.4 Å². The van der Waals surface area contributed by atoms with E-state index in [1.807, 2.05) is 19.3 Å². The van der Waals surface area contributed by atoms with Crippen molar-refractivity contribution in [1.29, 1.82) is 0 Å². The Morgan fingerprint density at radius 2 is 1.89 bits per heavy atom. The molecule has 4 heteroatoms. The van der Waals surface area contributed by atoms with Gasteiger partial charge in [-0.15, -0.1) is 0 Å². The summed E-state index contributed by atoms with van der Waals surface area (Å²) in [5.41, 5.74) is 1.20. The topological polar surface area (TPSA) is 38.2 Å². The summed E-state index contributed by atoms with van der Waals surface area (Å²) in [6.45, 7) is 9.29. The fraction of sp³-hybridized carbons (Fsp3) is 0.714. The fourth-order valence-corrected chi connectivity index (χ4v) is 2.35. The van der Waals surface area contributed by atoms with E-state index in [2.05, 4.69) is 28.7 Å². The van der Waals surface area contributed by atoms with Crippen LogP contribution < -0.4 is 0 Å². The van der Waals surface area contributed by atoms with E-state index in [1.54, 1.807) is 0 Å². The summed E-state index contributed by atoms with van der Waals surface area (Å²) >= 11 is 0. The van der Waals surface area contributed by atoms with Crippen molar-refractivity contribution in [1.82, 2.24) is 14.9 Å². The van der Waals surface area contributed by atoms with Gasteiger partial charge in [0.15, 0.2) is 0 Å². The molecule has 2 heterocycles. The van der Waals surface area contributed by atoms with E-state index < -0.39 is 0 Å². The molecule has 0 N–H and O–H groups in total. The standard InChI is InChI=1S/C14H23N3O/c1-11(2)18-14-4-6-17(7-5-14)10-13-8-15-12(3)16-9-13/h8-9,11,14H,4-7,10H2,1-3H3. The highest BCUT2D eigenvalue weighted by Gasteiger charge is 2.20. The summed E-state index contributed by atoms with van der Waals surface area (Å²) in [7, 11) is 0. The lowest BCUT2D eigenvalue weighted by atomic mass is 10.1. The molecule has 1 aliphatic heterocycles. The first-order valence-electron chi connectivity index (χ1n) is 6.79. The zero-order valence-electron chi connectivity index (χ0n) is 11.6. The highest BCUT2D eigenvalue weighted by atomic mass is 16.5. The second-order valence-electron chi connectivity index (χ2n) is 5.30. The van der Waals surface area contributed by atoms with Crippen LogP contribution in [0.1, 0.15) is 38.1 Å². The minimum absolute atomic E-state index is 0.340. The predicted molar refractivity (Wildman–Crippen MR) is 71.3 cm³/mol. The van der Waals surface area contributed by atoms with E-state index in [1.165, 1.54) is 5.56 Å². The summed E-state index contributed by atoms with van der Waals surface area (Å²) in [4.78, 5) is 10.9. The van der Waals surface area contributed by atoms with E-state index >= 15 is 0 Å². The second-order valence-corrected chi connectivity index (χ2v) is 5.30. The van der Waals surface area contributed by atoms with E-state index in [0.29, 0.717) is 12.2 Å². The Morgan fingerprint density at radius 1 is 1.28 bits per heavy atom. The van der Waals surface area contributed by atoms with Crippen LogP contribution in [0.2, 0.25) is 0 Å². The van der Waals surface area contributed by atoms with Crippen LogP contribution in [0.25, 0.3) is 0 Å². The number of aromatic nitrogens is 2. The molecule has 0 bridgehead atoms. The maximum absolute atomic E-state index is 5.85. The molecule has 1 aliphatic rings. The SMILES string of the molecule is Cc1ncc(CN2CCC(OC(C)C)CC2)cn1. The highest BCUT2D eigenvalue weighted by Crippen LogP contribution is 2.17. The number of likely N-dealkylation sites (tertiary alicyclic amines) is 1. The Bertz CT molecular complexity index is 356. The minimum atomic E-state index is 0.340. The molecule has 0 saturated carbocycles. The number of aryl methyl sites for hydroxylation is 1. The maximum atomic E-state index is 5.85. The molecule has 18 heavy (non-hydrogen) atoms. The third kappa shape index (κ3) is 4.03. The molecule has 0 aromatic carbocycles. The van der Waals surface area contributed by atoms with Crippen LogP contribution in [0.15, 0.2) is 12.4 Å². The van der Waals surface area contributed by atoms with Crippen LogP contribution in [0.5, 0.6) is 0 Å². The lowest BCUT2D eigenvalue weighted by Crippen LogP contribution is -2.37. The molecule has 0 radical (unpaired) electrons. The number of rotatable bonds is 4. The summed E-state index contributed by atoms with van der Waals surface area (Å²) in [5.74, 6) is 0.836. The normalized spacial score (nSPS) is 18.4. The average molecular weight is 249 g/mol. The smallest absolute Gasteiger partial charge is 0.125 e. The summed E-state index contributed by atoms with van der Waals surface area (Å²) in [5, 5.41) is 0. The van der Waals surface area contributed by atoms with Gasteiger partial charge in [0.2, 0.25) is 0 Å². The molecule has 1 fully saturated rings. The molecule has 0 amide bonds. The summed E-state index contributed by atoms with van der Waals surface area (Å²) in [6, 6.07) is 0. The highest BCUT2D eigenvalue weighted by molar-refractivity contribution is 5.04. The van der Waals surface area contributed by atoms with Gasteiger partial charge in [0.1, 0.15) is 5.82 Å². The quantitative estimate of drug-likeness (QED) is 0.819. The lowest BCUT2D eigenvalue weighted by molar-refractivity contribution is -0.0279. The van der Waals surface area contributed by atoms with Crippen LogP contribution in [0, 0.1) is 6.92 Å². The van der Waals surface area contributed by atoms with E-state index in [-0.39, 0.29) is 0 Å². The van der Waals surface area contributed by atoms with E-state index in [0.717, 1.165) is 38.3 Å². The van der Waals surface area contributed by atoms with Crippen LogP contribution in [0.3, 0.4) is 0 Å². The third-order valence-electron chi connectivity index (χ3n) is 3.24. The van der Waals surface area contributed by atoms with Crippen LogP contribution in [-0.2, 0) is 11.3 Å². The second kappa shape index (κ2) is 6.25. The zero-order valence-corrected chi connectivity index (χ0v) is 11.6. The first-order valence-corrected chi connectivity index (χ1v) is 6.79. The van der Waals surface area contributed by atoms with Gasteiger partial charge in [-0.3, -0.25) is 4.90 Å². The molecule has 2 rings (SSSR count). The number of nitrogens with zero attached hydrogens (tertiary/aromatic N) is 3.